The van der Waals surface area contributed by atoms with E-state index in [1.807, 2.05) is 0 Å². The monoisotopic (exact) mass is 224 g/mol. The molecule has 5 heteroatoms. The molecule has 15 heavy (non-hydrogen) atoms. The third-order valence-corrected chi connectivity index (χ3v) is 2.21. The number of hydrogen-bond donors (Lipinski definition) is 1. The fourth-order valence-electron chi connectivity index (χ4n) is 1.23. The van der Waals surface area contributed by atoms with Gasteiger partial charge in [-0.2, -0.15) is 0 Å². The van der Waals surface area contributed by atoms with Gasteiger partial charge in [0.15, 0.2) is 5.82 Å². The van der Waals surface area contributed by atoms with Gasteiger partial charge in [-0.1, -0.05) is 17.7 Å². The average Bonchev–Trinajstić information content (AvgIpc) is 2.23. The van der Waals surface area contributed by atoms with Crippen molar-refractivity contribution in [1.82, 2.24) is 9.97 Å². The normalized spacial score (nSPS) is 10.3. The SMILES string of the molecule is O=c1[nH]ccnc1-c1cccc(Cl)c1F. The predicted octanol–water partition coefficient (Wildman–Crippen LogP) is 2.23. The number of nitrogens with one attached hydrogen (secondary N) is 1. The van der Waals surface area contributed by atoms with E-state index in [9.17, 15) is 9.18 Å². The Balaban J connectivity index is 2.70. The standard InChI is InChI=1S/C10H6ClFN2O/c11-7-3-1-2-6(8(7)12)9-10(15)14-5-4-13-9/h1-5H,(H,14,15). The number of aromatic nitrogens is 2. The second-order valence-electron chi connectivity index (χ2n) is 2.87. The van der Waals surface area contributed by atoms with E-state index in [-0.39, 0.29) is 16.3 Å². The Labute approximate surface area is 89.6 Å². The first-order valence-corrected chi connectivity index (χ1v) is 4.56. The highest BCUT2D eigenvalue weighted by Crippen LogP contribution is 2.23. The number of halogens is 2. The highest BCUT2D eigenvalue weighted by molar-refractivity contribution is 6.31. The molecule has 0 aliphatic rings. The quantitative estimate of drug-likeness (QED) is 0.808. The fourth-order valence-corrected chi connectivity index (χ4v) is 1.40. The van der Waals surface area contributed by atoms with Crippen LogP contribution in [0.4, 0.5) is 4.39 Å². The van der Waals surface area contributed by atoms with Crippen LogP contribution in [-0.2, 0) is 0 Å². The van der Waals surface area contributed by atoms with Gasteiger partial charge >= 0.3 is 0 Å². The van der Waals surface area contributed by atoms with E-state index >= 15 is 0 Å². The minimum atomic E-state index is -0.636. The molecule has 2 aromatic rings. The van der Waals surface area contributed by atoms with Crippen molar-refractivity contribution in [1.29, 1.82) is 0 Å². The van der Waals surface area contributed by atoms with Crippen molar-refractivity contribution in [2.24, 2.45) is 0 Å². The first-order valence-electron chi connectivity index (χ1n) is 4.18. The van der Waals surface area contributed by atoms with Crippen LogP contribution in [0.2, 0.25) is 5.02 Å². The Morgan fingerprint density at radius 2 is 2.20 bits per heavy atom. The maximum atomic E-state index is 13.5. The molecular formula is C10H6ClFN2O. The van der Waals surface area contributed by atoms with Crippen LogP contribution in [0, 0.1) is 5.82 Å². The van der Waals surface area contributed by atoms with Crippen LogP contribution in [-0.4, -0.2) is 9.97 Å². The van der Waals surface area contributed by atoms with Crippen LogP contribution in [0.15, 0.2) is 35.4 Å². The number of benzene rings is 1. The molecule has 0 radical (unpaired) electrons. The highest BCUT2D eigenvalue weighted by atomic mass is 35.5. The summed E-state index contributed by atoms with van der Waals surface area (Å²) in [5.74, 6) is -0.636. The molecule has 0 aliphatic carbocycles. The van der Waals surface area contributed by atoms with Gasteiger partial charge in [-0.15, -0.1) is 0 Å². The zero-order valence-electron chi connectivity index (χ0n) is 7.50. The Kier molecular flexibility index (Phi) is 2.51. The van der Waals surface area contributed by atoms with Gasteiger partial charge in [0.1, 0.15) is 5.69 Å². The van der Waals surface area contributed by atoms with Crippen LogP contribution in [0.3, 0.4) is 0 Å². The lowest BCUT2D eigenvalue weighted by molar-refractivity contribution is 0.631. The maximum absolute atomic E-state index is 13.5. The maximum Gasteiger partial charge on any atom is 0.274 e. The first kappa shape index (κ1) is 9.86. The molecule has 0 saturated heterocycles. The number of aromatic amines is 1. The third kappa shape index (κ3) is 1.76. The minimum absolute atomic E-state index is 0.0255. The number of nitrogens with zero attached hydrogens (tertiary/aromatic N) is 1. The molecule has 3 nitrogen and oxygen atoms in total. The van der Waals surface area contributed by atoms with Gasteiger partial charge in [-0.25, -0.2) is 9.37 Å². The summed E-state index contributed by atoms with van der Waals surface area (Å²) in [7, 11) is 0. The number of rotatable bonds is 1. The van der Waals surface area contributed by atoms with E-state index in [0.29, 0.717) is 0 Å². The lowest BCUT2D eigenvalue weighted by Crippen LogP contribution is -2.10. The summed E-state index contributed by atoms with van der Waals surface area (Å²) in [6.07, 6.45) is 2.77. The summed E-state index contributed by atoms with van der Waals surface area (Å²) in [6, 6.07) is 4.44. The van der Waals surface area contributed by atoms with Gasteiger partial charge in [-0.3, -0.25) is 4.79 Å². The van der Waals surface area contributed by atoms with Crippen LogP contribution in [0.25, 0.3) is 11.3 Å². The van der Waals surface area contributed by atoms with Crippen molar-refractivity contribution in [3.8, 4) is 11.3 Å². The molecule has 1 aromatic heterocycles. The van der Waals surface area contributed by atoms with Crippen LogP contribution >= 0.6 is 11.6 Å². The van der Waals surface area contributed by atoms with Crippen molar-refractivity contribution in [2.45, 2.75) is 0 Å². The summed E-state index contributed by atoms with van der Waals surface area (Å²) in [5, 5.41) is -0.0300. The molecule has 1 N–H and O–H groups in total. The molecule has 0 fully saturated rings. The summed E-state index contributed by atoms with van der Waals surface area (Å²) >= 11 is 5.60. The average molecular weight is 225 g/mol. The fraction of sp³-hybridized carbons (Fsp3) is 0. The van der Waals surface area contributed by atoms with Crippen molar-refractivity contribution in [3.63, 3.8) is 0 Å². The minimum Gasteiger partial charge on any atom is -0.326 e. The summed E-state index contributed by atoms with van der Waals surface area (Å²) < 4.78 is 13.5. The first-order chi connectivity index (χ1) is 7.20. The Bertz CT molecular complexity index is 553. The van der Waals surface area contributed by atoms with Crippen LogP contribution in [0.1, 0.15) is 0 Å². The molecule has 0 aliphatic heterocycles. The second-order valence-corrected chi connectivity index (χ2v) is 3.28. The van der Waals surface area contributed by atoms with Crippen molar-refractivity contribution >= 4 is 11.6 Å². The van der Waals surface area contributed by atoms with E-state index in [0.717, 1.165) is 0 Å². The van der Waals surface area contributed by atoms with Crippen molar-refractivity contribution < 1.29 is 4.39 Å². The van der Waals surface area contributed by atoms with E-state index in [1.54, 1.807) is 6.07 Å². The van der Waals surface area contributed by atoms with Gasteiger partial charge in [0.05, 0.1) is 5.02 Å². The summed E-state index contributed by atoms with van der Waals surface area (Å²) in [5.41, 5.74) is -0.319. The number of hydrogen-bond acceptors (Lipinski definition) is 2. The molecule has 0 bridgehead atoms. The lowest BCUT2D eigenvalue weighted by atomic mass is 10.1. The summed E-state index contributed by atoms with van der Waals surface area (Å²) in [6.45, 7) is 0. The zero-order valence-corrected chi connectivity index (χ0v) is 8.25. The van der Waals surface area contributed by atoms with Gasteiger partial charge in [0.25, 0.3) is 5.56 Å². The second kappa shape index (κ2) is 3.82. The topological polar surface area (TPSA) is 45.8 Å². The molecule has 1 aromatic carbocycles. The molecule has 0 saturated carbocycles. The van der Waals surface area contributed by atoms with Crippen LogP contribution in [0.5, 0.6) is 0 Å². The Morgan fingerprint density at radius 1 is 1.40 bits per heavy atom. The zero-order chi connectivity index (χ0) is 10.8. The Morgan fingerprint density at radius 3 is 2.93 bits per heavy atom. The molecular weight excluding hydrogens is 219 g/mol. The molecule has 0 spiro atoms. The summed E-state index contributed by atoms with van der Waals surface area (Å²) in [4.78, 5) is 17.6. The van der Waals surface area contributed by atoms with Gasteiger partial charge in [0, 0.05) is 18.0 Å². The molecule has 0 atom stereocenters. The van der Waals surface area contributed by atoms with Gasteiger partial charge in [0.2, 0.25) is 0 Å². The Hall–Kier alpha value is -1.68. The lowest BCUT2D eigenvalue weighted by Gasteiger charge is -2.01. The van der Waals surface area contributed by atoms with Gasteiger partial charge < -0.3 is 4.98 Å². The highest BCUT2D eigenvalue weighted by Gasteiger charge is 2.11. The predicted molar refractivity (Wildman–Crippen MR) is 55.3 cm³/mol. The molecule has 1 heterocycles. The van der Waals surface area contributed by atoms with E-state index in [2.05, 4.69) is 9.97 Å². The molecule has 2 rings (SSSR count). The van der Waals surface area contributed by atoms with E-state index < -0.39 is 11.4 Å². The van der Waals surface area contributed by atoms with Crippen molar-refractivity contribution in [3.05, 3.63) is 51.8 Å². The largest absolute Gasteiger partial charge is 0.326 e. The van der Waals surface area contributed by atoms with Crippen molar-refractivity contribution in [2.75, 3.05) is 0 Å². The van der Waals surface area contributed by atoms with Gasteiger partial charge in [-0.05, 0) is 12.1 Å². The van der Waals surface area contributed by atoms with E-state index in [1.165, 1.54) is 24.5 Å². The third-order valence-electron chi connectivity index (χ3n) is 1.91. The smallest absolute Gasteiger partial charge is 0.274 e. The molecule has 0 unspecified atom stereocenters. The number of H-pyrrole nitrogens is 1. The molecule has 0 amide bonds. The van der Waals surface area contributed by atoms with Crippen LogP contribution < -0.4 is 5.56 Å². The molecule has 76 valence electrons. The van der Waals surface area contributed by atoms with E-state index in [4.69, 9.17) is 11.6 Å².